The number of aromatic nitrogens is 1. The van der Waals surface area contributed by atoms with Crippen molar-refractivity contribution in [3.63, 3.8) is 0 Å². The van der Waals surface area contributed by atoms with E-state index in [9.17, 15) is 0 Å². The Labute approximate surface area is 122 Å². The van der Waals surface area contributed by atoms with Crippen LogP contribution in [0.1, 0.15) is 31.5 Å². The van der Waals surface area contributed by atoms with E-state index >= 15 is 0 Å². The van der Waals surface area contributed by atoms with E-state index in [1.54, 1.807) is 0 Å². The second-order valence-corrected chi connectivity index (χ2v) is 4.35. The summed E-state index contributed by atoms with van der Waals surface area (Å²) < 4.78 is 0. The summed E-state index contributed by atoms with van der Waals surface area (Å²) in [5, 5.41) is 3.40. The monoisotopic (exact) mass is 291 g/mol. The van der Waals surface area contributed by atoms with Crippen LogP contribution in [0.2, 0.25) is 0 Å². The minimum absolute atomic E-state index is 0. The lowest BCUT2D eigenvalue weighted by Crippen LogP contribution is -2.45. The van der Waals surface area contributed by atoms with Crippen molar-refractivity contribution in [3.05, 3.63) is 30.1 Å². The molecule has 0 aromatic carbocycles. The molecule has 0 saturated carbocycles. The molecule has 0 unspecified atom stereocenters. The molecule has 0 spiro atoms. The predicted molar refractivity (Wildman–Crippen MR) is 80.8 cm³/mol. The zero-order chi connectivity index (χ0) is 11.2. The van der Waals surface area contributed by atoms with Crippen molar-refractivity contribution >= 4 is 24.8 Å². The van der Waals surface area contributed by atoms with Crippen LogP contribution in [-0.4, -0.2) is 36.1 Å². The van der Waals surface area contributed by atoms with Crippen LogP contribution in [0.3, 0.4) is 0 Å². The fraction of sp³-hybridized carbons (Fsp3) is 0.615. The second kappa shape index (κ2) is 9.56. The van der Waals surface area contributed by atoms with E-state index in [1.165, 1.54) is 18.5 Å². The number of pyridine rings is 1. The van der Waals surface area contributed by atoms with Gasteiger partial charge in [-0.05, 0) is 18.6 Å². The van der Waals surface area contributed by atoms with Gasteiger partial charge in [0.05, 0.1) is 11.7 Å². The number of rotatable bonds is 4. The van der Waals surface area contributed by atoms with Gasteiger partial charge in [-0.25, -0.2) is 0 Å². The van der Waals surface area contributed by atoms with Gasteiger partial charge >= 0.3 is 0 Å². The molecule has 5 heteroatoms. The zero-order valence-electron chi connectivity index (χ0n) is 10.8. The summed E-state index contributed by atoms with van der Waals surface area (Å²) in [6, 6.07) is 6.74. The van der Waals surface area contributed by atoms with E-state index in [0.717, 1.165) is 26.2 Å². The van der Waals surface area contributed by atoms with Crippen molar-refractivity contribution < 1.29 is 0 Å². The standard InChI is InChI=1S/C13H21N3.2ClH/c1-2-5-13(12-6-3-4-7-15-12)16-10-8-14-9-11-16;;/h3-4,6-7,13-14H,2,5,8-11H2,1H3;2*1H/t13-;;/m0../s1. The van der Waals surface area contributed by atoms with Gasteiger partial charge in [0.1, 0.15) is 0 Å². The molecule has 1 aliphatic rings. The molecule has 0 bridgehead atoms. The van der Waals surface area contributed by atoms with Gasteiger partial charge in [0.15, 0.2) is 0 Å². The fourth-order valence-electron chi connectivity index (χ4n) is 2.36. The lowest BCUT2D eigenvalue weighted by Gasteiger charge is -2.34. The van der Waals surface area contributed by atoms with E-state index in [0.29, 0.717) is 6.04 Å². The Kier molecular flexibility index (Phi) is 9.38. The summed E-state index contributed by atoms with van der Waals surface area (Å²) >= 11 is 0. The largest absolute Gasteiger partial charge is 0.314 e. The summed E-state index contributed by atoms with van der Waals surface area (Å²) in [6.45, 7) is 6.74. The molecular weight excluding hydrogens is 269 g/mol. The highest BCUT2D eigenvalue weighted by molar-refractivity contribution is 5.85. The van der Waals surface area contributed by atoms with Crippen LogP contribution >= 0.6 is 24.8 Å². The van der Waals surface area contributed by atoms with Gasteiger partial charge in [-0.2, -0.15) is 0 Å². The van der Waals surface area contributed by atoms with Crippen molar-refractivity contribution in [1.29, 1.82) is 0 Å². The lowest BCUT2D eigenvalue weighted by atomic mass is 10.0. The molecule has 1 aromatic rings. The first-order chi connectivity index (χ1) is 7.92. The Morgan fingerprint density at radius 1 is 1.28 bits per heavy atom. The highest BCUT2D eigenvalue weighted by atomic mass is 35.5. The molecule has 2 rings (SSSR count). The second-order valence-electron chi connectivity index (χ2n) is 4.35. The average Bonchev–Trinajstić information content (AvgIpc) is 2.38. The third-order valence-corrected chi connectivity index (χ3v) is 3.18. The van der Waals surface area contributed by atoms with E-state index in [4.69, 9.17) is 0 Å². The van der Waals surface area contributed by atoms with Crippen LogP contribution in [0.15, 0.2) is 24.4 Å². The molecule has 0 amide bonds. The van der Waals surface area contributed by atoms with Crippen LogP contribution < -0.4 is 5.32 Å². The molecule has 1 atom stereocenters. The molecule has 1 aromatic heterocycles. The molecule has 104 valence electrons. The summed E-state index contributed by atoms with van der Waals surface area (Å²) in [6.07, 6.45) is 4.32. The molecule has 0 radical (unpaired) electrons. The molecule has 1 fully saturated rings. The number of hydrogen-bond acceptors (Lipinski definition) is 3. The van der Waals surface area contributed by atoms with Crippen molar-refractivity contribution in [2.45, 2.75) is 25.8 Å². The predicted octanol–water partition coefficient (Wildman–Crippen LogP) is 2.67. The molecule has 3 nitrogen and oxygen atoms in total. The minimum Gasteiger partial charge on any atom is -0.314 e. The smallest absolute Gasteiger partial charge is 0.0575 e. The molecular formula is C13H23Cl2N3. The summed E-state index contributed by atoms with van der Waals surface area (Å²) in [5.41, 5.74) is 1.23. The normalized spacial score (nSPS) is 17.4. The average molecular weight is 292 g/mol. The maximum atomic E-state index is 4.51. The highest BCUT2D eigenvalue weighted by Crippen LogP contribution is 2.23. The molecule has 1 saturated heterocycles. The quantitative estimate of drug-likeness (QED) is 0.925. The first-order valence-corrected chi connectivity index (χ1v) is 6.27. The van der Waals surface area contributed by atoms with Gasteiger partial charge in [0, 0.05) is 32.4 Å². The summed E-state index contributed by atoms with van der Waals surface area (Å²) in [5.74, 6) is 0. The van der Waals surface area contributed by atoms with Gasteiger partial charge in [-0.1, -0.05) is 19.4 Å². The maximum Gasteiger partial charge on any atom is 0.0575 e. The highest BCUT2D eigenvalue weighted by Gasteiger charge is 2.21. The van der Waals surface area contributed by atoms with Crippen molar-refractivity contribution in [2.75, 3.05) is 26.2 Å². The minimum atomic E-state index is 0. The van der Waals surface area contributed by atoms with Crippen LogP contribution in [-0.2, 0) is 0 Å². The third kappa shape index (κ3) is 4.73. The first-order valence-electron chi connectivity index (χ1n) is 6.27. The summed E-state index contributed by atoms with van der Waals surface area (Å²) in [4.78, 5) is 7.07. The molecule has 2 heterocycles. The number of halogens is 2. The summed E-state index contributed by atoms with van der Waals surface area (Å²) in [7, 11) is 0. The molecule has 0 aliphatic carbocycles. The zero-order valence-corrected chi connectivity index (χ0v) is 12.5. The molecule has 18 heavy (non-hydrogen) atoms. The molecule has 1 aliphatic heterocycles. The Balaban J connectivity index is 0.00000144. The first kappa shape index (κ1) is 17.6. The van der Waals surface area contributed by atoms with Crippen molar-refractivity contribution in [3.8, 4) is 0 Å². The SMILES string of the molecule is CCC[C@@H](c1ccccn1)N1CCNCC1.Cl.Cl. The maximum absolute atomic E-state index is 4.51. The van der Waals surface area contributed by atoms with Gasteiger partial charge < -0.3 is 5.32 Å². The number of nitrogens with zero attached hydrogens (tertiary/aromatic N) is 2. The van der Waals surface area contributed by atoms with Crippen LogP contribution in [0.5, 0.6) is 0 Å². The van der Waals surface area contributed by atoms with Gasteiger partial charge in [0.25, 0.3) is 0 Å². The number of hydrogen-bond donors (Lipinski definition) is 1. The van der Waals surface area contributed by atoms with Gasteiger partial charge in [-0.3, -0.25) is 9.88 Å². The van der Waals surface area contributed by atoms with Crippen LogP contribution in [0.4, 0.5) is 0 Å². The van der Waals surface area contributed by atoms with Gasteiger partial charge in [0.2, 0.25) is 0 Å². The Morgan fingerprint density at radius 3 is 2.56 bits per heavy atom. The van der Waals surface area contributed by atoms with E-state index in [-0.39, 0.29) is 24.8 Å². The fourth-order valence-corrected chi connectivity index (χ4v) is 2.36. The Bertz CT molecular complexity index is 302. The number of nitrogens with one attached hydrogen (secondary N) is 1. The Morgan fingerprint density at radius 2 is 2.00 bits per heavy atom. The Hall–Kier alpha value is -0.350. The van der Waals surface area contributed by atoms with E-state index in [1.807, 2.05) is 12.3 Å². The van der Waals surface area contributed by atoms with Crippen LogP contribution in [0, 0.1) is 0 Å². The topological polar surface area (TPSA) is 28.2 Å². The van der Waals surface area contributed by atoms with E-state index < -0.39 is 0 Å². The van der Waals surface area contributed by atoms with Gasteiger partial charge in [-0.15, -0.1) is 24.8 Å². The van der Waals surface area contributed by atoms with E-state index in [2.05, 4.69) is 34.3 Å². The molecule has 1 N–H and O–H groups in total. The van der Waals surface area contributed by atoms with Crippen molar-refractivity contribution in [1.82, 2.24) is 15.2 Å². The lowest BCUT2D eigenvalue weighted by molar-refractivity contribution is 0.161. The van der Waals surface area contributed by atoms with Crippen molar-refractivity contribution in [2.24, 2.45) is 0 Å². The number of piperazine rings is 1. The third-order valence-electron chi connectivity index (χ3n) is 3.18. The van der Waals surface area contributed by atoms with Crippen LogP contribution in [0.25, 0.3) is 0 Å².